The van der Waals surface area contributed by atoms with Crippen LogP contribution in [-0.2, 0) is 13.0 Å². The average molecular weight is 488 g/mol. The van der Waals surface area contributed by atoms with Crippen molar-refractivity contribution >= 4 is 54.1 Å². The van der Waals surface area contributed by atoms with Crippen LogP contribution in [0.15, 0.2) is 21.1 Å². The molecule has 2 atom stereocenters. The van der Waals surface area contributed by atoms with E-state index in [4.69, 9.17) is 4.74 Å². The highest BCUT2D eigenvalue weighted by atomic mass is 79.9. The predicted octanol–water partition coefficient (Wildman–Crippen LogP) is 2.71. The van der Waals surface area contributed by atoms with Crippen LogP contribution in [0.2, 0.25) is 0 Å². The highest BCUT2D eigenvalue weighted by molar-refractivity contribution is 9.11. The number of hydrogen-bond acceptors (Lipinski definition) is 4. The summed E-state index contributed by atoms with van der Waals surface area (Å²) in [6.45, 7) is 2.05. The van der Waals surface area contributed by atoms with Crippen molar-refractivity contribution in [1.82, 2.24) is 5.32 Å². The molecule has 1 unspecified atom stereocenters. The Hall–Kier alpha value is -1.09. The summed E-state index contributed by atoms with van der Waals surface area (Å²) in [6.07, 6.45) is 0.632. The Bertz CT molecular complexity index is 868. The molecule has 0 aliphatic carbocycles. The van der Waals surface area contributed by atoms with Crippen LogP contribution in [0.4, 0.5) is 5.00 Å². The summed E-state index contributed by atoms with van der Waals surface area (Å²) in [4.78, 5) is 15.6. The number of rotatable bonds is 2. The maximum absolute atomic E-state index is 12.8. The third kappa shape index (κ3) is 2.99. The molecule has 2 aliphatic rings. The summed E-state index contributed by atoms with van der Waals surface area (Å²) in [5.74, 6) is 0.712. The lowest BCUT2D eigenvalue weighted by Crippen LogP contribution is -3.08. The summed E-state index contributed by atoms with van der Waals surface area (Å²) < 4.78 is 7.31. The topological polar surface area (TPSA) is 54.8 Å². The van der Waals surface area contributed by atoms with Crippen LogP contribution < -0.4 is 20.3 Å². The summed E-state index contributed by atoms with van der Waals surface area (Å²) in [7, 11) is 3.83. The number of likely N-dealkylation sites (N-methyl/N-ethyl adjacent to an activating group) is 1. The quantitative estimate of drug-likeness (QED) is 0.610. The van der Waals surface area contributed by atoms with Crippen molar-refractivity contribution in [3.05, 3.63) is 42.6 Å². The smallest absolute Gasteiger partial charge is 0.256 e. The van der Waals surface area contributed by atoms with Gasteiger partial charge in [-0.2, -0.15) is 0 Å². The molecule has 0 saturated heterocycles. The lowest BCUT2D eigenvalue weighted by molar-refractivity contribution is -0.895. The Morgan fingerprint density at radius 1 is 1.32 bits per heavy atom. The standard InChI is InChI=1S/C17H17Br2N3O2S/c1-22-4-3-9-12(7-22)25-17-13(9)16(23)20-15(21-17)10-5-8(18)6-11(19)14(10)24-2/h5-6,15,21H,3-4,7H2,1-2H3,(H,20,23)/p+1/t15-/m0/s1. The molecule has 132 valence electrons. The highest BCUT2D eigenvalue weighted by Crippen LogP contribution is 2.42. The van der Waals surface area contributed by atoms with E-state index < -0.39 is 0 Å². The van der Waals surface area contributed by atoms with Crippen molar-refractivity contribution in [2.24, 2.45) is 0 Å². The first-order chi connectivity index (χ1) is 12.0. The number of hydrogen-bond donors (Lipinski definition) is 3. The van der Waals surface area contributed by atoms with E-state index in [0.29, 0.717) is 0 Å². The van der Waals surface area contributed by atoms with Crippen LogP contribution in [0.3, 0.4) is 0 Å². The number of fused-ring (bicyclic) bond motifs is 3. The minimum absolute atomic E-state index is 0.00560. The average Bonchev–Trinajstić information content (AvgIpc) is 2.91. The number of ether oxygens (including phenoxy) is 1. The van der Waals surface area contributed by atoms with Crippen molar-refractivity contribution in [3.8, 4) is 5.75 Å². The van der Waals surface area contributed by atoms with Crippen LogP contribution in [0, 0.1) is 0 Å². The van der Waals surface area contributed by atoms with E-state index in [9.17, 15) is 4.79 Å². The van der Waals surface area contributed by atoms with Crippen molar-refractivity contribution in [1.29, 1.82) is 0 Å². The number of carbonyl (C=O) groups is 1. The number of thiophene rings is 1. The zero-order chi connectivity index (χ0) is 17.7. The molecule has 0 fully saturated rings. The second-order valence-corrected chi connectivity index (χ2v) is 9.28. The van der Waals surface area contributed by atoms with Gasteiger partial charge in [-0.15, -0.1) is 11.3 Å². The van der Waals surface area contributed by atoms with Crippen LogP contribution in [0.5, 0.6) is 5.75 Å². The third-order valence-electron chi connectivity index (χ3n) is 4.68. The molecule has 1 aromatic heterocycles. The SMILES string of the molecule is COc1c(Br)cc(Br)cc1[C@H]1NC(=O)c2c(sc3c2CC[NH+](C)C3)N1. The van der Waals surface area contributed by atoms with E-state index in [1.54, 1.807) is 18.4 Å². The molecule has 1 aromatic carbocycles. The normalized spacial score (nSPS) is 21.8. The second kappa shape index (κ2) is 6.57. The van der Waals surface area contributed by atoms with Gasteiger partial charge in [0.25, 0.3) is 5.91 Å². The summed E-state index contributed by atoms with van der Waals surface area (Å²) in [5, 5.41) is 7.56. The predicted molar refractivity (Wildman–Crippen MR) is 106 cm³/mol. The van der Waals surface area contributed by atoms with Gasteiger partial charge in [0, 0.05) is 16.5 Å². The number of amides is 1. The van der Waals surface area contributed by atoms with E-state index in [0.717, 1.165) is 50.3 Å². The maximum Gasteiger partial charge on any atom is 0.256 e. The molecule has 3 heterocycles. The minimum Gasteiger partial charge on any atom is -0.495 e. The fourth-order valence-electron chi connectivity index (χ4n) is 3.50. The van der Waals surface area contributed by atoms with Crippen LogP contribution in [-0.4, -0.2) is 26.6 Å². The summed E-state index contributed by atoms with van der Waals surface area (Å²) in [6, 6.07) is 3.90. The monoisotopic (exact) mass is 486 g/mol. The molecule has 2 aliphatic heterocycles. The fraction of sp³-hybridized carbons (Fsp3) is 0.353. The van der Waals surface area contributed by atoms with Gasteiger partial charge in [0.1, 0.15) is 23.5 Å². The van der Waals surface area contributed by atoms with Gasteiger partial charge in [0.2, 0.25) is 0 Å². The fourth-order valence-corrected chi connectivity index (χ4v) is 6.31. The van der Waals surface area contributed by atoms with Gasteiger partial charge in [-0.3, -0.25) is 4.79 Å². The van der Waals surface area contributed by atoms with E-state index in [2.05, 4.69) is 49.5 Å². The molecule has 1 amide bonds. The van der Waals surface area contributed by atoms with Crippen molar-refractivity contribution in [2.75, 3.05) is 26.0 Å². The number of carbonyl (C=O) groups excluding carboxylic acids is 1. The molecule has 8 heteroatoms. The molecule has 4 rings (SSSR count). The van der Waals surface area contributed by atoms with Crippen LogP contribution >= 0.6 is 43.2 Å². The van der Waals surface area contributed by atoms with E-state index in [1.165, 1.54) is 15.3 Å². The van der Waals surface area contributed by atoms with Gasteiger partial charge in [0.15, 0.2) is 0 Å². The Kier molecular flexibility index (Phi) is 4.56. The van der Waals surface area contributed by atoms with Gasteiger partial charge < -0.3 is 20.3 Å². The zero-order valence-corrected chi connectivity index (χ0v) is 17.8. The number of methoxy groups -OCH3 is 1. The minimum atomic E-state index is -0.325. The molecule has 25 heavy (non-hydrogen) atoms. The molecule has 0 spiro atoms. The first-order valence-corrected chi connectivity index (χ1v) is 10.4. The van der Waals surface area contributed by atoms with Crippen molar-refractivity contribution in [3.63, 3.8) is 0 Å². The first-order valence-electron chi connectivity index (χ1n) is 8.04. The molecular weight excluding hydrogens is 470 g/mol. The van der Waals surface area contributed by atoms with Crippen LogP contribution in [0.1, 0.15) is 32.5 Å². The Morgan fingerprint density at radius 3 is 2.88 bits per heavy atom. The molecule has 0 saturated carbocycles. The first kappa shape index (κ1) is 17.3. The molecule has 2 aromatic rings. The van der Waals surface area contributed by atoms with Gasteiger partial charge >= 0.3 is 0 Å². The van der Waals surface area contributed by atoms with Crippen molar-refractivity contribution < 1.29 is 14.4 Å². The lowest BCUT2D eigenvalue weighted by atomic mass is 10.0. The van der Waals surface area contributed by atoms with E-state index in [1.807, 2.05) is 12.1 Å². The van der Waals surface area contributed by atoms with E-state index >= 15 is 0 Å². The molecule has 3 N–H and O–H groups in total. The van der Waals surface area contributed by atoms with Crippen LogP contribution in [0.25, 0.3) is 0 Å². The zero-order valence-electron chi connectivity index (χ0n) is 13.8. The van der Waals surface area contributed by atoms with Gasteiger partial charge in [0.05, 0.1) is 35.6 Å². The number of benzene rings is 1. The molecule has 0 radical (unpaired) electrons. The number of nitrogens with one attached hydrogen (secondary N) is 3. The molecule has 0 bridgehead atoms. The summed E-state index contributed by atoms with van der Waals surface area (Å²) >= 11 is 8.75. The van der Waals surface area contributed by atoms with Crippen molar-refractivity contribution in [2.45, 2.75) is 19.1 Å². The van der Waals surface area contributed by atoms with E-state index in [-0.39, 0.29) is 12.1 Å². The highest BCUT2D eigenvalue weighted by Gasteiger charge is 2.35. The lowest BCUT2D eigenvalue weighted by Gasteiger charge is -2.28. The second-order valence-electron chi connectivity index (χ2n) is 6.40. The number of anilines is 1. The number of halogens is 2. The Labute approximate surface area is 167 Å². The van der Waals surface area contributed by atoms with Gasteiger partial charge in [-0.05, 0) is 33.6 Å². The van der Waals surface area contributed by atoms with Gasteiger partial charge in [-0.1, -0.05) is 15.9 Å². The Morgan fingerprint density at radius 2 is 2.12 bits per heavy atom. The number of quaternary nitrogens is 1. The maximum atomic E-state index is 12.8. The molecular formula is C17H18Br2N3O2S+. The Balaban J connectivity index is 1.75. The summed E-state index contributed by atoms with van der Waals surface area (Å²) in [5.41, 5.74) is 2.94. The largest absolute Gasteiger partial charge is 0.495 e. The van der Waals surface area contributed by atoms with Gasteiger partial charge in [-0.25, -0.2) is 0 Å². The molecule has 5 nitrogen and oxygen atoms in total. The third-order valence-corrected chi connectivity index (χ3v) is 6.90.